The third-order valence-corrected chi connectivity index (χ3v) is 5.71. The van der Waals surface area contributed by atoms with Crippen LogP contribution in [0.4, 0.5) is 10.1 Å². The van der Waals surface area contributed by atoms with Crippen molar-refractivity contribution in [1.82, 2.24) is 5.32 Å². The number of thioether (sulfide) groups is 1. The van der Waals surface area contributed by atoms with E-state index in [9.17, 15) is 14.0 Å². The van der Waals surface area contributed by atoms with Crippen molar-refractivity contribution in [3.63, 3.8) is 0 Å². The van der Waals surface area contributed by atoms with Crippen LogP contribution in [0.3, 0.4) is 0 Å². The topological polar surface area (TPSA) is 82.9 Å². The molecule has 1 aliphatic rings. The van der Waals surface area contributed by atoms with Gasteiger partial charge in [-0.25, -0.2) is 4.39 Å². The summed E-state index contributed by atoms with van der Waals surface area (Å²) in [6.45, 7) is 1.71. The van der Waals surface area contributed by atoms with Crippen molar-refractivity contribution in [1.29, 1.82) is 0 Å². The summed E-state index contributed by atoms with van der Waals surface area (Å²) in [5.74, 6) is -1.06. The van der Waals surface area contributed by atoms with E-state index in [0.29, 0.717) is 27.0 Å². The zero-order chi connectivity index (χ0) is 21.0. The van der Waals surface area contributed by atoms with Gasteiger partial charge in [-0.2, -0.15) is 5.10 Å². The second-order valence-corrected chi connectivity index (χ2v) is 8.08. The first kappa shape index (κ1) is 21.3. The monoisotopic (exact) mass is 452 g/mol. The van der Waals surface area contributed by atoms with Crippen LogP contribution in [0.5, 0.6) is 0 Å². The summed E-state index contributed by atoms with van der Waals surface area (Å²) in [6, 6.07) is 10.5. The number of halogens is 3. The Hall–Kier alpha value is -2.42. The van der Waals surface area contributed by atoms with Gasteiger partial charge in [-0.15, -0.1) is 5.10 Å². The zero-order valence-corrected chi connectivity index (χ0v) is 17.4. The highest BCUT2D eigenvalue weighted by Gasteiger charge is 2.30. The van der Waals surface area contributed by atoms with Gasteiger partial charge in [0, 0.05) is 12.1 Å². The quantitative estimate of drug-likeness (QED) is 0.529. The van der Waals surface area contributed by atoms with E-state index in [1.165, 1.54) is 18.2 Å². The molecule has 2 aromatic rings. The van der Waals surface area contributed by atoms with E-state index in [4.69, 9.17) is 23.2 Å². The molecule has 1 fully saturated rings. The minimum atomic E-state index is -0.682. The van der Waals surface area contributed by atoms with E-state index >= 15 is 0 Å². The van der Waals surface area contributed by atoms with Gasteiger partial charge in [0.2, 0.25) is 11.8 Å². The maximum atomic E-state index is 13.0. The first-order valence-electron chi connectivity index (χ1n) is 8.42. The molecule has 0 aromatic heterocycles. The summed E-state index contributed by atoms with van der Waals surface area (Å²) in [5, 5.41) is 13.6. The lowest BCUT2D eigenvalue weighted by atomic mass is 10.1. The van der Waals surface area contributed by atoms with Gasteiger partial charge >= 0.3 is 0 Å². The van der Waals surface area contributed by atoms with Crippen LogP contribution in [0, 0.1) is 5.82 Å². The molecule has 0 radical (unpaired) electrons. The molecule has 2 aromatic carbocycles. The van der Waals surface area contributed by atoms with Crippen molar-refractivity contribution < 1.29 is 14.0 Å². The molecule has 1 heterocycles. The fourth-order valence-corrected chi connectivity index (χ4v) is 3.63. The lowest BCUT2D eigenvalue weighted by Crippen LogP contribution is -2.41. The lowest BCUT2D eigenvalue weighted by molar-refractivity contribution is -0.123. The molecule has 3 rings (SSSR count). The summed E-state index contributed by atoms with van der Waals surface area (Å²) in [6.07, 6.45) is -0.00248. The molecule has 1 saturated heterocycles. The van der Waals surface area contributed by atoms with Gasteiger partial charge in [0.25, 0.3) is 0 Å². The van der Waals surface area contributed by atoms with Crippen LogP contribution in [0.1, 0.15) is 18.9 Å². The number of hydrogen-bond donors (Lipinski definition) is 2. The van der Waals surface area contributed by atoms with E-state index in [0.717, 1.165) is 11.8 Å². The molecule has 0 unspecified atom stereocenters. The standard InChI is InChI=1S/C19H15Cl2FN4O2S/c1-10(11-2-4-12(22)5-3-11)25-26-19-24-17(27)9-16(29-19)18(28)23-13-6-7-14(20)15(21)8-13/h2-8,16H,9H2,1H3,(H,23,28)(H,24,26,27)/b25-10-/t16-/m0/s1. The van der Waals surface area contributed by atoms with Gasteiger partial charge in [-0.3, -0.25) is 9.59 Å². The van der Waals surface area contributed by atoms with E-state index in [1.807, 2.05) is 0 Å². The van der Waals surface area contributed by atoms with Crippen LogP contribution in [0.25, 0.3) is 0 Å². The molecule has 0 aliphatic carbocycles. The number of amidine groups is 1. The Labute approximate surface area is 180 Å². The number of hydrogen-bond acceptors (Lipinski definition) is 5. The number of rotatable bonds is 4. The van der Waals surface area contributed by atoms with Gasteiger partial charge < -0.3 is 10.6 Å². The molecule has 29 heavy (non-hydrogen) atoms. The Morgan fingerprint density at radius 1 is 1.21 bits per heavy atom. The van der Waals surface area contributed by atoms with Crippen molar-refractivity contribution in [2.75, 3.05) is 5.32 Å². The van der Waals surface area contributed by atoms with Crippen molar-refractivity contribution in [3.8, 4) is 0 Å². The smallest absolute Gasteiger partial charge is 0.238 e. The summed E-state index contributed by atoms with van der Waals surface area (Å²) >= 11 is 12.9. The van der Waals surface area contributed by atoms with Crippen LogP contribution in [-0.4, -0.2) is 27.9 Å². The normalized spacial score (nSPS) is 18.5. The molecular weight excluding hydrogens is 438 g/mol. The third kappa shape index (κ3) is 5.79. The van der Waals surface area contributed by atoms with Crippen LogP contribution < -0.4 is 10.6 Å². The Kier molecular flexibility index (Phi) is 6.89. The first-order valence-corrected chi connectivity index (χ1v) is 10.1. The predicted molar refractivity (Wildman–Crippen MR) is 115 cm³/mol. The number of amides is 2. The van der Waals surface area contributed by atoms with E-state index < -0.39 is 5.25 Å². The Bertz CT molecular complexity index is 1010. The number of carbonyl (C=O) groups is 2. The largest absolute Gasteiger partial charge is 0.325 e. The molecule has 0 saturated carbocycles. The number of nitrogens with zero attached hydrogens (tertiary/aromatic N) is 2. The fraction of sp³-hybridized carbons (Fsp3) is 0.158. The molecule has 0 spiro atoms. The second-order valence-electron chi connectivity index (χ2n) is 6.07. The summed E-state index contributed by atoms with van der Waals surface area (Å²) < 4.78 is 13.0. The Balaban J connectivity index is 1.70. The summed E-state index contributed by atoms with van der Waals surface area (Å²) in [5.41, 5.74) is 1.70. The molecular formula is C19H15Cl2FN4O2S. The molecule has 1 aliphatic heterocycles. The van der Waals surface area contributed by atoms with Crippen LogP contribution in [0.2, 0.25) is 10.0 Å². The highest BCUT2D eigenvalue weighted by molar-refractivity contribution is 8.15. The highest BCUT2D eigenvalue weighted by atomic mass is 35.5. The SMILES string of the molecule is C/C(=N/N=C1/NC(=O)C[C@@H](C(=O)Nc2ccc(Cl)c(Cl)c2)S1)c1ccc(F)cc1. The number of carbonyl (C=O) groups excluding carboxylic acids is 2. The van der Waals surface area contributed by atoms with Crippen molar-refractivity contribution in [3.05, 3.63) is 63.9 Å². The van der Waals surface area contributed by atoms with Gasteiger partial charge in [-0.1, -0.05) is 47.1 Å². The molecule has 6 nitrogen and oxygen atoms in total. The van der Waals surface area contributed by atoms with Crippen molar-refractivity contribution >= 4 is 63.3 Å². The fourth-order valence-electron chi connectivity index (χ4n) is 2.41. The Morgan fingerprint density at radius 3 is 2.62 bits per heavy atom. The molecule has 10 heteroatoms. The molecule has 2 amide bonds. The molecule has 150 valence electrons. The van der Waals surface area contributed by atoms with Crippen molar-refractivity contribution in [2.24, 2.45) is 10.2 Å². The lowest BCUT2D eigenvalue weighted by Gasteiger charge is -2.21. The first-order chi connectivity index (χ1) is 13.8. The Morgan fingerprint density at radius 2 is 1.93 bits per heavy atom. The summed E-state index contributed by atoms with van der Waals surface area (Å²) in [7, 11) is 0. The molecule has 2 N–H and O–H groups in total. The average molecular weight is 453 g/mol. The summed E-state index contributed by atoms with van der Waals surface area (Å²) in [4.78, 5) is 24.5. The van der Waals surface area contributed by atoms with Crippen LogP contribution >= 0.6 is 35.0 Å². The van der Waals surface area contributed by atoms with Gasteiger partial charge in [0.15, 0.2) is 5.17 Å². The van der Waals surface area contributed by atoms with Gasteiger partial charge in [-0.05, 0) is 42.8 Å². The van der Waals surface area contributed by atoms with Crippen molar-refractivity contribution in [2.45, 2.75) is 18.6 Å². The number of nitrogens with one attached hydrogen (secondary N) is 2. The van der Waals surface area contributed by atoms with Gasteiger partial charge in [0.05, 0.1) is 15.8 Å². The zero-order valence-electron chi connectivity index (χ0n) is 15.1. The minimum absolute atomic E-state index is 0.00248. The number of anilines is 1. The van der Waals surface area contributed by atoms with E-state index in [1.54, 1.807) is 31.2 Å². The van der Waals surface area contributed by atoms with E-state index in [-0.39, 0.29) is 29.2 Å². The average Bonchev–Trinajstić information content (AvgIpc) is 2.69. The number of benzene rings is 2. The van der Waals surface area contributed by atoms with Crippen LogP contribution in [0.15, 0.2) is 52.7 Å². The third-order valence-electron chi connectivity index (χ3n) is 3.90. The molecule has 1 atom stereocenters. The second kappa shape index (κ2) is 9.39. The minimum Gasteiger partial charge on any atom is -0.325 e. The maximum absolute atomic E-state index is 13.0. The van der Waals surface area contributed by atoms with Crippen LogP contribution in [-0.2, 0) is 9.59 Å². The molecule has 0 bridgehead atoms. The highest BCUT2D eigenvalue weighted by Crippen LogP contribution is 2.27. The van der Waals surface area contributed by atoms with Gasteiger partial charge in [0.1, 0.15) is 11.1 Å². The maximum Gasteiger partial charge on any atom is 0.238 e. The van der Waals surface area contributed by atoms with E-state index in [2.05, 4.69) is 20.8 Å². The predicted octanol–water partition coefficient (Wildman–Crippen LogP) is 4.47.